The summed E-state index contributed by atoms with van der Waals surface area (Å²) in [5.41, 5.74) is 0. The SMILES string of the molecule is CCCC1CCC(C2CCC(F)(F)CC2)CC1. The molecule has 0 amide bonds. The van der Waals surface area contributed by atoms with Gasteiger partial charge in [0.05, 0.1) is 0 Å². The lowest BCUT2D eigenvalue weighted by Crippen LogP contribution is -2.30. The van der Waals surface area contributed by atoms with Gasteiger partial charge in [-0.25, -0.2) is 8.78 Å². The summed E-state index contributed by atoms with van der Waals surface area (Å²) >= 11 is 0. The Morgan fingerprint density at radius 2 is 1.41 bits per heavy atom. The fraction of sp³-hybridized carbons (Fsp3) is 1.00. The molecule has 0 heterocycles. The lowest BCUT2D eigenvalue weighted by Gasteiger charge is -2.37. The van der Waals surface area contributed by atoms with Crippen LogP contribution in [-0.4, -0.2) is 5.92 Å². The minimum Gasteiger partial charge on any atom is -0.207 e. The third-order valence-corrected chi connectivity index (χ3v) is 5.02. The molecule has 100 valence electrons. The van der Waals surface area contributed by atoms with Crippen molar-refractivity contribution in [3.05, 3.63) is 0 Å². The Labute approximate surface area is 104 Å². The molecule has 0 N–H and O–H groups in total. The van der Waals surface area contributed by atoms with Gasteiger partial charge in [-0.05, 0) is 43.4 Å². The van der Waals surface area contributed by atoms with E-state index in [1.54, 1.807) is 0 Å². The average Bonchev–Trinajstić information content (AvgIpc) is 2.31. The van der Waals surface area contributed by atoms with Crippen molar-refractivity contribution >= 4 is 0 Å². The Kier molecular flexibility index (Phi) is 4.43. The minimum absolute atomic E-state index is 0.145. The summed E-state index contributed by atoms with van der Waals surface area (Å²) in [7, 11) is 0. The van der Waals surface area contributed by atoms with Gasteiger partial charge in [-0.15, -0.1) is 0 Å². The third kappa shape index (κ3) is 3.66. The van der Waals surface area contributed by atoms with Crippen LogP contribution in [0.2, 0.25) is 0 Å². The van der Waals surface area contributed by atoms with Crippen molar-refractivity contribution in [2.24, 2.45) is 17.8 Å². The van der Waals surface area contributed by atoms with Gasteiger partial charge in [0.25, 0.3) is 0 Å². The highest BCUT2D eigenvalue weighted by Gasteiger charge is 2.38. The molecule has 0 aromatic rings. The van der Waals surface area contributed by atoms with Gasteiger partial charge < -0.3 is 0 Å². The first-order valence-electron chi connectivity index (χ1n) is 7.48. The quantitative estimate of drug-likeness (QED) is 0.622. The van der Waals surface area contributed by atoms with E-state index in [0.717, 1.165) is 24.7 Å². The second-order valence-electron chi connectivity index (χ2n) is 6.26. The summed E-state index contributed by atoms with van der Waals surface area (Å²) in [4.78, 5) is 0. The molecule has 0 spiro atoms. The molecule has 0 aromatic carbocycles. The Bertz CT molecular complexity index is 219. The van der Waals surface area contributed by atoms with E-state index in [1.165, 1.54) is 38.5 Å². The lowest BCUT2D eigenvalue weighted by molar-refractivity contribution is -0.0550. The molecule has 0 aromatic heterocycles. The highest BCUT2D eigenvalue weighted by molar-refractivity contribution is 4.84. The Morgan fingerprint density at radius 3 is 1.94 bits per heavy atom. The van der Waals surface area contributed by atoms with Crippen LogP contribution in [0.25, 0.3) is 0 Å². The summed E-state index contributed by atoms with van der Waals surface area (Å²) in [6.45, 7) is 2.26. The van der Waals surface area contributed by atoms with Gasteiger partial charge >= 0.3 is 0 Å². The number of alkyl halides is 2. The van der Waals surface area contributed by atoms with Gasteiger partial charge in [0, 0.05) is 12.8 Å². The Hall–Kier alpha value is -0.140. The average molecular weight is 244 g/mol. The van der Waals surface area contributed by atoms with E-state index < -0.39 is 5.92 Å². The van der Waals surface area contributed by atoms with E-state index in [4.69, 9.17) is 0 Å². The van der Waals surface area contributed by atoms with Crippen LogP contribution in [0.1, 0.15) is 71.1 Å². The maximum Gasteiger partial charge on any atom is 0.248 e. The normalized spacial score (nSPS) is 34.8. The molecular formula is C15H26F2. The minimum atomic E-state index is -2.35. The summed E-state index contributed by atoms with van der Waals surface area (Å²) in [5, 5.41) is 0. The van der Waals surface area contributed by atoms with Crippen molar-refractivity contribution in [3.63, 3.8) is 0 Å². The highest BCUT2D eigenvalue weighted by atomic mass is 19.3. The van der Waals surface area contributed by atoms with E-state index in [9.17, 15) is 8.78 Å². The van der Waals surface area contributed by atoms with Crippen molar-refractivity contribution in [1.82, 2.24) is 0 Å². The molecule has 2 rings (SSSR count). The molecule has 0 saturated heterocycles. The lowest BCUT2D eigenvalue weighted by atomic mass is 9.70. The van der Waals surface area contributed by atoms with E-state index in [2.05, 4.69) is 6.92 Å². The molecule has 0 bridgehead atoms. The zero-order chi connectivity index (χ0) is 12.3. The molecule has 2 aliphatic carbocycles. The van der Waals surface area contributed by atoms with Crippen molar-refractivity contribution in [2.45, 2.75) is 77.1 Å². The summed E-state index contributed by atoms with van der Waals surface area (Å²) < 4.78 is 26.2. The number of rotatable bonds is 3. The van der Waals surface area contributed by atoms with Gasteiger partial charge in [0.15, 0.2) is 0 Å². The third-order valence-electron chi connectivity index (χ3n) is 5.02. The van der Waals surface area contributed by atoms with Crippen LogP contribution < -0.4 is 0 Å². The molecule has 2 aliphatic rings. The van der Waals surface area contributed by atoms with Crippen molar-refractivity contribution < 1.29 is 8.78 Å². The van der Waals surface area contributed by atoms with Crippen LogP contribution in [0.3, 0.4) is 0 Å². The van der Waals surface area contributed by atoms with Crippen LogP contribution in [0, 0.1) is 17.8 Å². The van der Waals surface area contributed by atoms with Gasteiger partial charge in [0.2, 0.25) is 5.92 Å². The van der Waals surface area contributed by atoms with Crippen molar-refractivity contribution in [1.29, 1.82) is 0 Å². The molecule has 0 atom stereocenters. The topological polar surface area (TPSA) is 0 Å². The van der Waals surface area contributed by atoms with Crippen LogP contribution in [-0.2, 0) is 0 Å². The van der Waals surface area contributed by atoms with E-state index in [-0.39, 0.29) is 12.8 Å². The molecule has 0 nitrogen and oxygen atoms in total. The molecule has 17 heavy (non-hydrogen) atoms. The summed E-state index contributed by atoms with van der Waals surface area (Å²) in [5.74, 6) is -0.0479. The molecule has 2 saturated carbocycles. The standard InChI is InChI=1S/C15H26F2/c1-2-3-12-4-6-13(7-5-12)14-8-10-15(16,17)11-9-14/h12-14H,2-11H2,1H3. The zero-order valence-electron chi connectivity index (χ0n) is 11.1. The number of hydrogen-bond donors (Lipinski definition) is 0. The number of hydrogen-bond acceptors (Lipinski definition) is 0. The monoisotopic (exact) mass is 244 g/mol. The van der Waals surface area contributed by atoms with E-state index in [0.29, 0.717) is 5.92 Å². The summed E-state index contributed by atoms with van der Waals surface area (Å²) in [6.07, 6.45) is 9.82. The molecule has 0 aliphatic heterocycles. The van der Waals surface area contributed by atoms with Crippen LogP contribution in [0.5, 0.6) is 0 Å². The van der Waals surface area contributed by atoms with Crippen molar-refractivity contribution in [3.8, 4) is 0 Å². The van der Waals surface area contributed by atoms with Crippen molar-refractivity contribution in [2.75, 3.05) is 0 Å². The predicted octanol–water partition coefficient (Wildman–Crippen LogP) is 5.42. The Balaban J connectivity index is 1.74. The second kappa shape index (κ2) is 5.67. The van der Waals surface area contributed by atoms with Crippen LogP contribution in [0.4, 0.5) is 8.78 Å². The fourth-order valence-corrected chi connectivity index (χ4v) is 3.89. The maximum absolute atomic E-state index is 13.1. The maximum atomic E-state index is 13.1. The predicted molar refractivity (Wildman–Crippen MR) is 67.3 cm³/mol. The fourth-order valence-electron chi connectivity index (χ4n) is 3.89. The molecular weight excluding hydrogens is 218 g/mol. The van der Waals surface area contributed by atoms with Gasteiger partial charge in [-0.2, -0.15) is 0 Å². The van der Waals surface area contributed by atoms with E-state index >= 15 is 0 Å². The van der Waals surface area contributed by atoms with Crippen LogP contribution in [0.15, 0.2) is 0 Å². The van der Waals surface area contributed by atoms with Crippen LogP contribution >= 0.6 is 0 Å². The molecule has 2 heteroatoms. The summed E-state index contributed by atoms with van der Waals surface area (Å²) in [6, 6.07) is 0. The van der Waals surface area contributed by atoms with Gasteiger partial charge in [0.1, 0.15) is 0 Å². The molecule has 2 fully saturated rings. The second-order valence-corrected chi connectivity index (χ2v) is 6.26. The first-order valence-corrected chi connectivity index (χ1v) is 7.48. The number of halogens is 2. The largest absolute Gasteiger partial charge is 0.248 e. The zero-order valence-corrected chi connectivity index (χ0v) is 11.1. The van der Waals surface area contributed by atoms with Gasteiger partial charge in [-0.3, -0.25) is 0 Å². The first-order chi connectivity index (χ1) is 8.11. The van der Waals surface area contributed by atoms with Gasteiger partial charge in [-0.1, -0.05) is 32.6 Å². The van der Waals surface area contributed by atoms with E-state index in [1.807, 2.05) is 0 Å². The smallest absolute Gasteiger partial charge is 0.207 e. The first kappa shape index (κ1) is 13.3. The molecule has 0 unspecified atom stereocenters. The Morgan fingerprint density at radius 1 is 0.882 bits per heavy atom. The molecule has 0 radical (unpaired) electrons. The highest BCUT2D eigenvalue weighted by Crippen LogP contribution is 2.44.